The highest BCUT2D eigenvalue weighted by atomic mass is 16.6. The summed E-state index contributed by atoms with van der Waals surface area (Å²) in [5.74, 6) is -1.49. The van der Waals surface area contributed by atoms with Crippen LogP contribution in [0.15, 0.2) is 11.1 Å². The summed E-state index contributed by atoms with van der Waals surface area (Å²) in [6.07, 6.45) is 0.875. The Balaban J connectivity index is 2.36. The standard InChI is InChI=1S/C20H30O8/c1-5-6-7-8-9-15(26-12(3)22)16-14(10-25-11(2)21)18(27-13(4)23)20-19(28-20)17(16)24/h15,17-20,24H,5-10H2,1-4H3/t15-,17-,18-,19+,20-/m1/s1. The van der Waals surface area contributed by atoms with Crippen LogP contribution < -0.4 is 0 Å². The van der Waals surface area contributed by atoms with Gasteiger partial charge in [-0.3, -0.25) is 14.4 Å². The number of ether oxygens (including phenoxy) is 4. The molecule has 5 atom stereocenters. The second-order valence-electron chi connectivity index (χ2n) is 7.25. The summed E-state index contributed by atoms with van der Waals surface area (Å²) in [5, 5.41) is 10.8. The Morgan fingerprint density at radius 2 is 1.75 bits per heavy atom. The van der Waals surface area contributed by atoms with E-state index in [0.29, 0.717) is 17.6 Å². The average molecular weight is 398 g/mol. The number of hydrogen-bond acceptors (Lipinski definition) is 8. The number of epoxide rings is 1. The van der Waals surface area contributed by atoms with E-state index in [0.717, 1.165) is 25.7 Å². The Labute approximate surface area is 165 Å². The molecule has 8 heteroatoms. The van der Waals surface area contributed by atoms with E-state index in [4.69, 9.17) is 18.9 Å². The van der Waals surface area contributed by atoms with Crippen LogP contribution in [-0.2, 0) is 33.3 Å². The van der Waals surface area contributed by atoms with Crippen LogP contribution >= 0.6 is 0 Å². The fourth-order valence-corrected chi connectivity index (χ4v) is 3.66. The largest absolute Gasteiger partial charge is 0.461 e. The Bertz CT molecular complexity index is 626. The first-order valence-electron chi connectivity index (χ1n) is 9.80. The van der Waals surface area contributed by atoms with Crippen LogP contribution in [0.2, 0.25) is 0 Å². The number of carbonyl (C=O) groups is 3. The number of carbonyl (C=O) groups excluding carboxylic acids is 3. The SMILES string of the molecule is CCCCCC[C@@H](OC(C)=O)C1=C(COC(C)=O)[C@@H](OC(C)=O)[C@H]2O[C@H]2[C@@H]1O. The van der Waals surface area contributed by atoms with Gasteiger partial charge in [-0.25, -0.2) is 0 Å². The molecule has 1 fully saturated rings. The molecule has 1 heterocycles. The van der Waals surface area contributed by atoms with E-state index < -0.39 is 48.4 Å². The molecule has 28 heavy (non-hydrogen) atoms. The lowest BCUT2D eigenvalue weighted by atomic mass is 9.83. The molecule has 2 aliphatic rings. The lowest BCUT2D eigenvalue weighted by molar-refractivity contribution is -0.149. The van der Waals surface area contributed by atoms with Crippen molar-refractivity contribution in [2.24, 2.45) is 0 Å². The van der Waals surface area contributed by atoms with Gasteiger partial charge in [-0.2, -0.15) is 0 Å². The first-order chi connectivity index (χ1) is 13.3. The highest BCUT2D eigenvalue weighted by molar-refractivity contribution is 5.68. The molecule has 1 N–H and O–H groups in total. The minimum Gasteiger partial charge on any atom is -0.461 e. The van der Waals surface area contributed by atoms with Gasteiger partial charge in [0.1, 0.15) is 31.0 Å². The molecule has 0 amide bonds. The normalized spacial score (nSPS) is 26.9. The Morgan fingerprint density at radius 3 is 2.32 bits per heavy atom. The van der Waals surface area contributed by atoms with Gasteiger partial charge in [0.25, 0.3) is 0 Å². The van der Waals surface area contributed by atoms with Crippen molar-refractivity contribution in [1.82, 2.24) is 0 Å². The number of unbranched alkanes of at least 4 members (excludes halogenated alkanes) is 3. The second kappa shape index (κ2) is 10.0. The zero-order valence-electron chi connectivity index (χ0n) is 16.9. The Kier molecular flexibility index (Phi) is 8.00. The smallest absolute Gasteiger partial charge is 0.303 e. The summed E-state index contributed by atoms with van der Waals surface area (Å²) < 4.78 is 21.6. The van der Waals surface area contributed by atoms with Crippen molar-refractivity contribution in [2.75, 3.05) is 6.61 Å². The lowest BCUT2D eigenvalue weighted by Crippen LogP contribution is -2.43. The van der Waals surface area contributed by atoms with Crippen LogP contribution in [0.4, 0.5) is 0 Å². The highest BCUT2D eigenvalue weighted by Crippen LogP contribution is 2.44. The van der Waals surface area contributed by atoms with E-state index in [1.54, 1.807) is 0 Å². The van der Waals surface area contributed by atoms with Crippen LogP contribution in [0.1, 0.15) is 59.8 Å². The van der Waals surface area contributed by atoms with Gasteiger partial charge in [0.2, 0.25) is 0 Å². The van der Waals surface area contributed by atoms with E-state index in [1.807, 2.05) is 0 Å². The van der Waals surface area contributed by atoms with Gasteiger partial charge in [0.05, 0.1) is 0 Å². The zero-order valence-corrected chi connectivity index (χ0v) is 16.9. The van der Waals surface area contributed by atoms with E-state index in [1.165, 1.54) is 20.8 Å². The van der Waals surface area contributed by atoms with Crippen molar-refractivity contribution in [3.63, 3.8) is 0 Å². The Hall–Kier alpha value is -1.93. The van der Waals surface area contributed by atoms with Gasteiger partial charge in [0.15, 0.2) is 6.10 Å². The van der Waals surface area contributed by atoms with Crippen LogP contribution in [-0.4, -0.2) is 60.1 Å². The maximum atomic E-state index is 11.7. The highest BCUT2D eigenvalue weighted by Gasteiger charge is 2.58. The fourth-order valence-electron chi connectivity index (χ4n) is 3.66. The fraction of sp³-hybridized carbons (Fsp3) is 0.750. The molecule has 1 aliphatic carbocycles. The number of rotatable bonds is 10. The van der Waals surface area contributed by atoms with Gasteiger partial charge >= 0.3 is 17.9 Å². The summed E-state index contributed by atoms with van der Waals surface area (Å²) in [5.41, 5.74) is 0.844. The maximum absolute atomic E-state index is 11.7. The molecule has 1 aliphatic heterocycles. The molecular formula is C20H30O8. The molecule has 1 saturated heterocycles. The van der Waals surface area contributed by atoms with Crippen molar-refractivity contribution in [3.8, 4) is 0 Å². The lowest BCUT2D eigenvalue weighted by Gasteiger charge is -2.32. The molecule has 2 rings (SSSR count). The minimum absolute atomic E-state index is 0.168. The van der Waals surface area contributed by atoms with E-state index in [9.17, 15) is 19.5 Å². The molecule has 0 aromatic carbocycles. The molecular weight excluding hydrogens is 368 g/mol. The number of aliphatic hydroxyl groups excluding tert-OH is 1. The molecule has 0 aromatic heterocycles. The summed E-state index contributed by atoms with van der Waals surface area (Å²) in [7, 11) is 0. The molecule has 0 saturated carbocycles. The summed E-state index contributed by atoms with van der Waals surface area (Å²) in [6, 6.07) is 0. The third kappa shape index (κ3) is 5.78. The van der Waals surface area contributed by atoms with E-state index in [-0.39, 0.29) is 6.61 Å². The van der Waals surface area contributed by atoms with E-state index >= 15 is 0 Å². The van der Waals surface area contributed by atoms with Crippen LogP contribution in [0.3, 0.4) is 0 Å². The summed E-state index contributed by atoms with van der Waals surface area (Å²) in [6.45, 7) is 5.78. The van der Waals surface area contributed by atoms with Gasteiger partial charge in [-0.15, -0.1) is 0 Å². The number of aliphatic hydroxyl groups is 1. The molecule has 8 nitrogen and oxygen atoms in total. The number of hydrogen-bond donors (Lipinski definition) is 1. The van der Waals surface area contributed by atoms with Crippen molar-refractivity contribution in [2.45, 2.75) is 90.3 Å². The summed E-state index contributed by atoms with van der Waals surface area (Å²) in [4.78, 5) is 34.6. The average Bonchev–Trinajstić information content (AvgIpc) is 3.39. The summed E-state index contributed by atoms with van der Waals surface area (Å²) >= 11 is 0. The van der Waals surface area contributed by atoms with Gasteiger partial charge in [0, 0.05) is 31.9 Å². The molecule has 0 aromatic rings. The Morgan fingerprint density at radius 1 is 1.04 bits per heavy atom. The number of esters is 3. The predicted octanol–water partition coefficient (Wildman–Crippen LogP) is 1.82. The monoisotopic (exact) mass is 398 g/mol. The molecule has 0 radical (unpaired) electrons. The van der Waals surface area contributed by atoms with Gasteiger partial charge < -0.3 is 24.1 Å². The predicted molar refractivity (Wildman–Crippen MR) is 98.2 cm³/mol. The van der Waals surface area contributed by atoms with E-state index in [2.05, 4.69) is 6.92 Å². The zero-order chi connectivity index (χ0) is 20.8. The third-order valence-corrected chi connectivity index (χ3v) is 4.90. The quantitative estimate of drug-likeness (QED) is 0.195. The molecule has 0 unspecified atom stereocenters. The second-order valence-corrected chi connectivity index (χ2v) is 7.25. The van der Waals surface area contributed by atoms with Crippen molar-refractivity contribution in [3.05, 3.63) is 11.1 Å². The van der Waals surface area contributed by atoms with Crippen molar-refractivity contribution < 1.29 is 38.4 Å². The third-order valence-electron chi connectivity index (χ3n) is 4.90. The molecule has 0 spiro atoms. The van der Waals surface area contributed by atoms with Crippen LogP contribution in [0.5, 0.6) is 0 Å². The molecule has 158 valence electrons. The number of fused-ring (bicyclic) bond motifs is 1. The first kappa shape index (κ1) is 22.4. The minimum atomic E-state index is -1.02. The molecule has 0 bridgehead atoms. The van der Waals surface area contributed by atoms with Gasteiger partial charge in [-0.05, 0) is 12.8 Å². The maximum Gasteiger partial charge on any atom is 0.303 e. The van der Waals surface area contributed by atoms with Crippen molar-refractivity contribution >= 4 is 17.9 Å². The topological polar surface area (TPSA) is 112 Å². The first-order valence-corrected chi connectivity index (χ1v) is 9.80. The van der Waals surface area contributed by atoms with Crippen LogP contribution in [0, 0.1) is 0 Å². The van der Waals surface area contributed by atoms with Gasteiger partial charge in [-0.1, -0.05) is 26.2 Å². The van der Waals surface area contributed by atoms with Crippen molar-refractivity contribution in [1.29, 1.82) is 0 Å². The van der Waals surface area contributed by atoms with Crippen LogP contribution in [0.25, 0.3) is 0 Å².